The smallest absolute Gasteiger partial charge is 0.255 e. The van der Waals surface area contributed by atoms with Crippen LogP contribution in [0.1, 0.15) is 15.9 Å². The number of ether oxygens (including phenoxy) is 1. The van der Waals surface area contributed by atoms with E-state index in [0.717, 1.165) is 5.56 Å². The van der Waals surface area contributed by atoms with Crippen LogP contribution in [0.5, 0.6) is 5.75 Å². The van der Waals surface area contributed by atoms with Crippen molar-refractivity contribution < 1.29 is 17.9 Å². The average Bonchev–Trinajstić information content (AvgIpc) is 2.55. The Kier molecular flexibility index (Phi) is 5.02. The van der Waals surface area contributed by atoms with Crippen LogP contribution in [-0.2, 0) is 10.0 Å². The largest absolute Gasteiger partial charge is 0.495 e. The van der Waals surface area contributed by atoms with Crippen LogP contribution in [0.25, 0.3) is 0 Å². The summed E-state index contributed by atoms with van der Waals surface area (Å²) in [7, 11) is -1.00. The van der Waals surface area contributed by atoms with Gasteiger partial charge in [0.05, 0.1) is 7.11 Å². The maximum absolute atomic E-state index is 12.2. The van der Waals surface area contributed by atoms with Gasteiger partial charge in [-0.15, -0.1) is 0 Å². The molecule has 0 aromatic heterocycles. The van der Waals surface area contributed by atoms with Gasteiger partial charge in [0, 0.05) is 11.3 Å². The lowest BCUT2D eigenvalue weighted by molar-refractivity contribution is 0.102. The molecular weight excluding hydrogens is 316 g/mol. The minimum absolute atomic E-state index is 0.0378. The van der Waals surface area contributed by atoms with Crippen LogP contribution in [0.15, 0.2) is 47.4 Å². The number of carbonyl (C=O) groups is 1. The van der Waals surface area contributed by atoms with E-state index in [1.807, 2.05) is 19.1 Å². The van der Waals surface area contributed by atoms with E-state index in [9.17, 15) is 13.2 Å². The third-order valence-corrected chi connectivity index (χ3v) is 4.73. The molecular formula is C16H18N2O4S. The van der Waals surface area contributed by atoms with E-state index in [-0.39, 0.29) is 16.6 Å². The fourth-order valence-corrected chi connectivity index (χ4v) is 2.90. The summed E-state index contributed by atoms with van der Waals surface area (Å²) in [6, 6.07) is 11.5. The highest BCUT2D eigenvalue weighted by Crippen LogP contribution is 2.27. The van der Waals surface area contributed by atoms with Crippen LogP contribution in [0.2, 0.25) is 0 Å². The number of amides is 1. The van der Waals surface area contributed by atoms with Crippen molar-refractivity contribution in [2.24, 2.45) is 0 Å². The Hall–Kier alpha value is -2.38. The molecule has 0 bridgehead atoms. The predicted molar refractivity (Wildman–Crippen MR) is 88.4 cm³/mol. The molecule has 0 saturated heterocycles. The minimum atomic E-state index is -3.70. The summed E-state index contributed by atoms with van der Waals surface area (Å²) in [6.45, 7) is 1.93. The molecule has 2 rings (SSSR count). The van der Waals surface area contributed by atoms with E-state index in [2.05, 4.69) is 10.0 Å². The van der Waals surface area contributed by atoms with E-state index < -0.39 is 10.0 Å². The monoisotopic (exact) mass is 334 g/mol. The Balaban J connectivity index is 2.32. The molecule has 0 aliphatic carbocycles. The van der Waals surface area contributed by atoms with Gasteiger partial charge < -0.3 is 10.1 Å². The molecule has 1 amide bonds. The first-order chi connectivity index (χ1) is 10.9. The Labute approximate surface area is 135 Å². The normalized spacial score (nSPS) is 11.1. The van der Waals surface area contributed by atoms with E-state index in [4.69, 9.17) is 4.74 Å². The molecule has 0 unspecified atom stereocenters. The van der Waals surface area contributed by atoms with Crippen molar-refractivity contribution in [2.75, 3.05) is 19.5 Å². The summed E-state index contributed by atoms with van der Waals surface area (Å²) in [4.78, 5) is 12.2. The Morgan fingerprint density at radius 3 is 2.30 bits per heavy atom. The van der Waals surface area contributed by atoms with Gasteiger partial charge in [-0.2, -0.15) is 0 Å². The van der Waals surface area contributed by atoms with Gasteiger partial charge in [-0.05, 0) is 44.3 Å². The second-order valence-corrected chi connectivity index (χ2v) is 6.75. The number of benzene rings is 2. The van der Waals surface area contributed by atoms with Crippen molar-refractivity contribution in [1.82, 2.24) is 4.72 Å². The number of rotatable bonds is 5. The van der Waals surface area contributed by atoms with Crippen molar-refractivity contribution in [3.8, 4) is 5.75 Å². The topological polar surface area (TPSA) is 84.5 Å². The van der Waals surface area contributed by atoms with Gasteiger partial charge in [0.2, 0.25) is 10.0 Å². The fourth-order valence-electron chi connectivity index (χ4n) is 1.98. The molecule has 0 aliphatic rings. The molecule has 122 valence electrons. The second kappa shape index (κ2) is 6.80. The maximum Gasteiger partial charge on any atom is 0.255 e. The molecule has 0 atom stereocenters. The quantitative estimate of drug-likeness (QED) is 0.877. The molecule has 0 heterocycles. The van der Waals surface area contributed by atoms with Crippen LogP contribution in [-0.4, -0.2) is 28.5 Å². The van der Waals surface area contributed by atoms with Crippen LogP contribution in [0, 0.1) is 6.92 Å². The third-order valence-electron chi connectivity index (χ3n) is 3.29. The van der Waals surface area contributed by atoms with Gasteiger partial charge in [0.25, 0.3) is 5.91 Å². The van der Waals surface area contributed by atoms with Crippen molar-refractivity contribution in [3.63, 3.8) is 0 Å². The standard InChI is InChI=1S/C16H18N2O4S/c1-11-4-6-12(7-5-11)16(19)18-13-8-9-14(22-3)15(10-13)23(20,21)17-2/h4-10,17H,1-3H3,(H,18,19). The van der Waals surface area contributed by atoms with Crippen molar-refractivity contribution >= 4 is 21.6 Å². The van der Waals surface area contributed by atoms with Gasteiger partial charge in [-0.1, -0.05) is 17.7 Å². The lowest BCUT2D eigenvalue weighted by atomic mass is 10.1. The third kappa shape index (κ3) is 3.88. The summed E-state index contributed by atoms with van der Waals surface area (Å²) in [5, 5.41) is 2.68. The number of anilines is 1. The van der Waals surface area contributed by atoms with E-state index in [0.29, 0.717) is 11.3 Å². The first kappa shape index (κ1) is 17.0. The molecule has 0 aliphatic heterocycles. The van der Waals surface area contributed by atoms with Crippen molar-refractivity contribution in [2.45, 2.75) is 11.8 Å². The number of carbonyl (C=O) groups excluding carboxylic acids is 1. The van der Waals surface area contributed by atoms with Crippen molar-refractivity contribution in [3.05, 3.63) is 53.6 Å². The molecule has 0 radical (unpaired) electrons. The van der Waals surface area contributed by atoms with Gasteiger partial charge in [-0.25, -0.2) is 13.1 Å². The maximum atomic E-state index is 12.2. The molecule has 0 spiro atoms. The van der Waals surface area contributed by atoms with Gasteiger partial charge in [-0.3, -0.25) is 4.79 Å². The summed E-state index contributed by atoms with van der Waals surface area (Å²) in [5.74, 6) is -0.115. The number of methoxy groups -OCH3 is 1. The van der Waals surface area contributed by atoms with Gasteiger partial charge in [0.1, 0.15) is 10.6 Å². The highest BCUT2D eigenvalue weighted by molar-refractivity contribution is 7.89. The van der Waals surface area contributed by atoms with E-state index in [1.165, 1.54) is 26.3 Å². The zero-order valence-electron chi connectivity index (χ0n) is 13.1. The molecule has 0 fully saturated rings. The van der Waals surface area contributed by atoms with Gasteiger partial charge in [0.15, 0.2) is 0 Å². The predicted octanol–water partition coefficient (Wildman–Crippen LogP) is 2.16. The van der Waals surface area contributed by atoms with E-state index >= 15 is 0 Å². The lowest BCUT2D eigenvalue weighted by Crippen LogP contribution is -2.20. The van der Waals surface area contributed by atoms with Crippen LogP contribution < -0.4 is 14.8 Å². The van der Waals surface area contributed by atoms with Crippen LogP contribution in [0.4, 0.5) is 5.69 Å². The number of hydrogen-bond acceptors (Lipinski definition) is 4. The second-order valence-electron chi connectivity index (χ2n) is 4.89. The van der Waals surface area contributed by atoms with Crippen molar-refractivity contribution in [1.29, 1.82) is 0 Å². The molecule has 7 heteroatoms. The number of aryl methyl sites for hydroxylation is 1. The summed E-state index contributed by atoms with van der Waals surface area (Å²) in [6.07, 6.45) is 0. The van der Waals surface area contributed by atoms with Crippen LogP contribution in [0.3, 0.4) is 0 Å². The van der Waals surface area contributed by atoms with Gasteiger partial charge >= 0.3 is 0 Å². The molecule has 2 N–H and O–H groups in total. The summed E-state index contributed by atoms with van der Waals surface area (Å²) in [5.41, 5.74) is 1.91. The fraction of sp³-hybridized carbons (Fsp3) is 0.188. The molecule has 2 aromatic rings. The zero-order chi connectivity index (χ0) is 17.0. The molecule has 0 saturated carbocycles. The summed E-state index contributed by atoms with van der Waals surface area (Å²) < 4.78 is 31.3. The first-order valence-corrected chi connectivity index (χ1v) is 8.35. The van der Waals surface area contributed by atoms with Crippen LogP contribution >= 0.6 is 0 Å². The minimum Gasteiger partial charge on any atom is -0.495 e. The first-order valence-electron chi connectivity index (χ1n) is 6.87. The van der Waals surface area contributed by atoms with E-state index in [1.54, 1.807) is 18.2 Å². The summed E-state index contributed by atoms with van der Waals surface area (Å²) >= 11 is 0. The highest BCUT2D eigenvalue weighted by Gasteiger charge is 2.19. The average molecular weight is 334 g/mol. The zero-order valence-corrected chi connectivity index (χ0v) is 13.9. The number of hydrogen-bond donors (Lipinski definition) is 2. The Morgan fingerprint density at radius 1 is 1.09 bits per heavy atom. The Bertz CT molecular complexity index is 814. The molecule has 23 heavy (non-hydrogen) atoms. The molecule has 2 aromatic carbocycles. The molecule has 6 nitrogen and oxygen atoms in total. The lowest BCUT2D eigenvalue weighted by Gasteiger charge is -2.12. The Morgan fingerprint density at radius 2 is 1.74 bits per heavy atom. The highest BCUT2D eigenvalue weighted by atomic mass is 32.2. The SMILES string of the molecule is CNS(=O)(=O)c1cc(NC(=O)c2ccc(C)cc2)ccc1OC. The number of sulfonamides is 1. The number of nitrogens with one attached hydrogen (secondary N) is 2.